The van der Waals surface area contributed by atoms with E-state index in [2.05, 4.69) is 27.9 Å². The predicted octanol–water partition coefficient (Wildman–Crippen LogP) is 7.44. The van der Waals surface area contributed by atoms with Crippen LogP contribution in [0.15, 0.2) is 54.6 Å². The number of aromatic carboxylic acids is 1. The number of hydrogen-bond acceptors (Lipinski definition) is 4. The van der Waals surface area contributed by atoms with Crippen molar-refractivity contribution < 1.29 is 14.7 Å². The summed E-state index contributed by atoms with van der Waals surface area (Å²) >= 11 is 15.8. The van der Waals surface area contributed by atoms with Crippen LogP contribution in [0, 0.1) is 5.92 Å². The van der Waals surface area contributed by atoms with Crippen LogP contribution in [0.1, 0.15) is 44.4 Å². The van der Waals surface area contributed by atoms with Gasteiger partial charge in [0.1, 0.15) is 4.88 Å². The van der Waals surface area contributed by atoms with Gasteiger partial charge >= 0.3 is 5.97 Å². The minimum atomic E-state index is -1.02. The Morgan fingerprint density at radius 1 is 1.06 bits per heavy atom. The fourth-order valence-electron chi connectivity index (χ4n) is 4.19. The van der Waals surface area contributed by atoms with Gasteiger partial charge in [0.15, 0.2) is 5.78 Å². The van der Waals surface area contributed by atoms with Gasteiger partial charge in [-0.15, -0.1) is 11.3 Å². The Morgan fingerprint density at radius 3 is 2.33 bits per heavy atom. The number of halogens is 3. The molecule has 174 valence electrons. The van der Waals surface area contributed by atoms with E-state index in [4.69, 9.17) is 23.2 Å². The first-order valence-electron chi connectivity index (χ1n) is 10.5. The molecule has 1 aromatic heterocycles. The zero-order valence-electron chi connectivity index (χ0n) is 18.0. The van der Waals surface area contributed by atoms with Crippen molar-refractivity contribution in [2.75, 3.05) is 18.0 Å². The van der Waals surface area contributed by atoms with E-state index in [9.17, 15) is 14.7 Å². The topological polar surface area (TPSA) is 66.4 Å². The Labute approximate surface area is 221 Å². The number of piperidine rings is 1. The first-order valence-corrected chi connectivity index (χ1v) is 14.2. The van der Waals surface area contributed by atoms with Crippen molar-refractivity contribution in [3.05, 3.63) is 80.6 Å². The molecule has 3 aromatic rings. The highest BCUT2D eigenvalue weighted by Gasteiger charge is 2.36. The van der Waals surface area contributed by atoms with Gasteiger partial charge in [-0.2, -0.15) is 0 Å². The molecule has 0 amide bonds. The van der Waals surface area contributed by atoms with Gasteiger partial charge < -0.3 is 10.4 Å². The highest BCUT2D eigenvalue weighted by molar-refractivity contribution is 14.1. The predicted molar refractivity (Wildman–Crippen MR) is 146 cm³/mol. The maximum atomic E-state index is 13.8. The Bertz CT molecular complexity index is 1110. The summed E-state index contributed by atoms with van der Waals surface area (Å²) in [6, 6.07) is 16.3. The standard InChI is InChI=1S/C24H21Cl2NO3S.CH3I/c25-16-6-7-17(19(26)12-16)22(28)21(15-8-10-27-11-9-15)18-13-20(31-23(18)24(29)30)14-4-2-1-3-5-14;1-2/h1-7,12-13,15,21,27H,8-11H2,(H,29,30);1H3. The SMILES string of the molecule is CI.O=C(O)c1sc(-c2ccccc2)cc1C(C(=O)c1ccc(Cl)cc1Cl)C1CCNCC1. The minimum Gasteiger partial charge on any atom is -0.477 e. The monoisotopic (exact) mass is 615 g/mol. The van der Waals surface area contributed by atoms with Gasteiger partial charge in [-0.05, 0) is 72.2 Å². The average molecular weight is 616 g/mol. The number of carbonyl (C=O) groups is 2. The van der Waals surface area contributed by atoms with Crippen LogP contribution in [0.2, 0.25) is 10.0 Å². The first-order chi connectivity index (χ1) is 16.0. The van der Waals surface area contributed by atoms with Gasteiger partial charge in [0.25, 0.3) is 0 Å². The number of thiophene rings is 1. The maximum absolute atomic E-state index is 13.8. The molecule has 1 aliphatic heterocycles. The molecule has 1 fully saturated rings. The molecule has 4 rings (SSSR count). The van der Waals surface area contributed by atoms with Crippen LogP contribution in [-0.2, 0) is 0 Å². The van der Waals surface area contributed by atoms with Gasteiger partial charge in [-0.25, -0.2) is 4.79 Å². The van der Waals surface area contributed by atoms with Gasteiger partial charge in [-0.3, -0.25) is 4.79 Å². The van der Waals surface area contributed by atoms with E-state index in [1.54, 1.807) is 18.2 Å². The van der Waals surface area contributed by atoms with Crippen molar-refractivity contribution >= 4 is 68.9 Å². The minimum absolute atomic E-state index is 0.0248. The number of hydrogen-bond donors (Lipinski definition) is 2. The number of Topliss-reactive ketones (excluding diaryl/α,β-unsaturated/α-hetero) is 1. The number of carboxylic acids is 1. The van der Waals surface area contributed by atoms with Crippen LogP contribution >= 0.6 is 57.1 Å². The molecule has 0 spiro atoms. The lowest BCUT2D eigenvalue weighted by atomic mass is 9.76. The van der Waals surface area contributed by atoms with Crippen molar-refractivity contribution in [1.82, 2.24) is 5.32 Å². The molecular formula is C25H24Cl2INO3S. The number of benzene rings is 2. The van der Waals surface area contributed by atoms with Gasteiger partial charge in [-0.1, -0.05) is 76.1 Å². The number of ketones is 1. The zero-order chi connectivity index (χ0) is 24.0. The van der Waals surface area contributed by atoms with Crippen LogP contribution in [0.3, 0.4) is 0 Å². The number of carboxylic acid groups (broad SMARTS) is 1. The van der Waals surface area contributed by atoms with E-state index < -0.39 is 11.9 Å². The van der Waals surface area contributed by atoms with E-state index in [1.807, 2.05) is 41.3 Å². The fraction of sp³-hybridized carbons (Fsp3) is 0.280. The molecule has 1 unspecified atom stereocenters. The second kappa shape index (κ2) is 12.3. The quantitative estimate of drug-likeness (QED) is 0.172. The van der Waals surface area contributed by atoms with E-state index in [-0.39, 0.29) is 21.6 Å². The van der Waals surface area contributed by atoms with Crippen molar-refractivity contribution in [3.63, 3.8) is 0 Å². The van der Waals surface area contributed by atoms with Crippen molar-refractivity contribution in [2.24, 2.45) is 5.92 Å². The van der Waals surface area contributed by atoms with Crippen LogP contribution in [-0.4, -0.2) is 34.9 Å². The highest BCUT2D eigenvalue weighted by atomic mass is 127. The number of nitrogens with one attached hydrogen (secondary N) is 1. The summed E-state index contributed by atoms with van der Waals surface area (Å²) in [6.07, 6.45) is 1.58. The molecule has 2 aromatic carbocycles. The van der Waals surface area contributed by atoms with E-state index in [0.29, 0.717) is 16.1 Å². The van der Waals surface area contributed by atoms with Crippen LogP contribution < -0.4 is 5.32 Å². The highest BCUT2D eigenvalue weighted by Crippen LogP contribution is 2.42. The Hall–Kier alpha value is -1.45. The largest absolute Gasteiger partial charge is 0.477 e. The van der Waals surface area contributed by atoms with E-state index in [1.165, 1.54) is 11.3 Å². The molecule has 1 saturated heterocycles. The second-order valence-corrected chi connectivity index (χ2v) is 9.52. The van der Waals surface area contributed by atoms with Gasteiger partial charge in [0.05, 0.1) is 10.9 Å². The lowest BCUT2D eigenvalue weighted by Gasteiger charge is -2.30. The number of carbonyl (C=O) groups excluding carboxylic acids is 1. The Morgan fingerprint density at radius 2 is 1.73 bits per heavy atom. The van der Waals surface area contributed by atoms with Crippen molar-refractivity contribution in [1.29, 1.82) is 0 Å². The molecule has 4 nitrogen and oxygen atoms in total. The van der Waals surface area contributed by atoms with E-state index in [0.717, 1.165) is 36.4 Å². The van der Waals surface area contributed by atoms with Gasteiger partial charge in [0, 0.05) is 15.5 Å². The zero-order valence-corrected chi connectivity index (χ0v) is 22.5. The number of alkyl halides is 1. The summed E-state index contributed by atoms with van der Waals surface area (Å²) in [5.74, 6) is -1.73. The molecule has 0 radical (unpaired) electrons. The van der Waals surface area contributed by atoms with Gasteiger partial charge in [0.2, 0.25) is 0 Å². The lowest BCUT2D eigenvalue weighted by molar-refractivity contribution is 0.0700. The molecule has 1 atom stereocenters. The summed E-state index contributed by atoms with van der Waals surface area (Å²) in [6.45, 7) is 1.59. The molecule has 1 aliphatic rings. The molecule has 0 bridgehead atoms. The Balaban J connectivity index is 0.00000149. The summed E-state index contributed by atoms with van der Waals surface area (Å²) in [4.78, 5) is 28.9. The maximum Gasteiger partial charge on any atom is 0.346 e. The average Bonchev–Trinajstić information content (AvgIpc) is 3.27. The van der Waals surface area contributed by atoms with Crippen LogP contribution in [0.4, 0.5) is 0 Å². The van der Waals surface area contributed by atoms with Crippen molar-refractivity contribution in [2.45, 2.75) is 18.8 Å². The number of rotatable bonds is 6. The molecule has 0 aliphatic carbocycles. The summed E-state index contributed by atoms with van der Waals surface area (Å²) < 4.78 is 0. The molecule has 2 N–H and O–H groups in total. The first kappa shape index (κ1) is 26.2. The molecule has 0 saturated carbocycles. The lowest BCUT2D eigenvalue weighted by Crippen LogP contribution is -2.34. The Kier molecular flexibility index (Phi) is 9.76. The third-order valence-corrected chi connectivity index (χ3v) is 7.42. The second-order valence-electron chi connectivity index (χ2n) is 7.62. The van der Waals surface area contributed by atoms with E-state index >= 15 is 0 Å². The molecule has 2 heterocycles. The summed E-state index contributed by atoms with van der Waals surface area (Å²) in [5.41, 5.74) is 1.87. The molecule has 33 heavy (non-hydrogen) atoms. The van der Waals surface area contributed by atoms with Crippen molar-refractivity contribution in [3.8, 4) is 10.4 Å². The molecule has 8 heteroatoms. The smallest absolute Gasteiger partial charge is 0.346 e. The summed E-state index contributed by atoms with van der Waals surface area (Å²) in [5, 5.41) is 14.0. The normalized spacial score (nSPS) is 14.8. The third kappa shape index (κ3) is 6.17. The van der Waals surface area contributed by atoms with Crippen LogP contribution in [0.25, 0.3) is 10.4 Å². The third-order valence-electron chi connectivity index (χ3n) is 5.68. The van der Waals surface area contributed by atoms with Crippen LogP contribution in [0.5, 0.6) is 0 Å². The molecular weight excluding hydrogens is 592 g/mol. The summed E-state index contributed by atoms with van der Waals surface area (Å²) in [7, 11) is 0. The fourth-order valence-corrected chi connectivity index (χ4v) is 5.74.